The van der Waals surface area contributed by atoms with Crippen LogP contribution in [0, 0.1) is 34.5 Å². The molecular weight excluding hydrogens is 377 g/mol. The third-order valence-corrected chi connectivity index (χ3v) is 9.28. The highest BCUT2D eigenvalue weighted by Gasteiger charge is 2.59. The van der Waals surface area contributed by atoms with E-state index in [0.29, 0.717) is 30.6 Å². The molecule has 2 fully saturated rings. The molecule has 0 spiro atoms. The van der Waals surface area contributed by atoms with Crippen LogP contribution in [0.15, 0.2) is 11.8 Å². The topological polar surface area (TPSA) is 43.4 Å². The van der Waals surface area contributed by atoms with Gasteiger partial charge in [-0.15, -0.1) is 0 Å². The number of fused-ring (bicyclic) bond motifs is 3. The fourth-order valence-electron chi connectivity index (χ4n) is 6.58. The molecule has 2 saturated carbocycles. The van der Waals surface area contributed by atoms with Gasteiger partial charge in [-0.3, -0.25) is 0 Å². The zero-order valence-corrected chi connectivity index (χ0v) is 17.4. The smallest absolute Gasteiger partial charge is 0.380 e. The summed E-state index contributed by atoms with van der Waals surface area (Å²) in [5.41, 5.74) is -5.76. The largest absolute Gasteiger partial charge is 0.534 e. The highest BCUT2D eigenvalue weighted by molar-refractivity contribution is 7.87. The summed E-state index contributed by atoms with van der Waals surface area (Å²) >= 11 is 0. The van der Waals surface area contributed by atoms with E-state index in [0.717, 1.165) is 32.1 Å². The number of halogens is 3. The van der Waals surface area contributed by atoms with E-state index in [-0.39, 0.29) is 17.1 Å². The van der Waals surface area contributed by atoms with Crippen LogP contribution >= 0.6 is 0 Å². The Bertz CT molecular complexity index is 714. The van der Waals surface area contributed by atoms with E-state index < -0.39 is 21.0 Å². The molecule has 27 heavy (non-hydrogen) atoms. The summed E-state index contributed by atoms with van der Waals surface area (Å²) in [4.78, 5) is 0. The van der Waals surface area contributed by atoms with E-state index in [4.69, 9.17) is 0 Å². The summed E-state index contributed by atoms with van der Waals surface area (Å²) < 4.78 is 66.1. The summed E-state index contributed by atoms with van der Waals surface area (Å²) in [6.07, 6.45) is 8.30. The van der Waals surface area contributed by atoms with Crippen LogP contribution in [0.25, 0.3) is 0 Å². The van der Waals surface area contributed by atoms with Gasteiger partial charge in [-0.25, -0.2) is 0 Å². The van der Waals surface area contributed by atoms with Crippen LogP contribution < -0.4 is 0 Å². The van der Waals surface area contributed by atoms with Crippen molar-refractivity contribution in [2.24, 2.45) is 34.5 Å². The summed E-state index contributed by atoms with van der Waals surface area (Å²) in [7, 11) is -5.61. The van der Waals surface area contributed by atoms with Gasteiger partial charge in [0, 0.05) is 5.41 Å². The van der Waals surface area contributed by atoms with Crippen molar-refractivity contribution in [2.75, 3.05) is 0 Å². The second-order valence-electron chi connectivity index (χ2n) is 9.16. The van der Waals surface area contributed by atoms with Crippen molar-refractivity contribution in [2.45, 2.75) is 78.1 Å². The van der Waals surface area contributed by atoms with E-state index in [1.807, 2.05) is 6.92 Å². The molecule has 0 aromatic heterocycles. The van der Waals surface area contributed by atoms with Gasteiger partial charge in [0.25, 0.3) is 0 Å². The monoisotopic (exact) mass is 408 g/mol. The van der Waals surface area contributed by atoms with Gasteiger partial charge in [0.15, 0.2) is 0 Å². The molecular formula is C20H31F3O3S. The maximum atomic E-state index is 12.8. The standard InChI is InChI=1S/C20H31F3O3S/c1-5-13-7-8-14-15-9-10-17(26-27(24,25)20(21,22)23)19(15,4)12-11-16(14)18(13,3)6-2/h10,13-16H,5-9,11-12H2,1-4H3/t13-,14+,15+,16+,18+,19+/m1/s1. The van der Waals surface area contributed by atoms with Crippen LogP contribution in [0.5, 0.6) is 0 Å². The number of hydrogen-bond donors (Lipinski definition) is 0. The number of allylic oxidation sites excluding steroid dienone is 2. The Morgan fingerprint density at radius 2 is 1.81 bits per heavy atom. The first-order valence-corrected chi connectivity index (χ1v) is 11.5. The van der Waals surface area contributed by atoms with E-state index in [1.54, 1.807) is 6.08 Å². The zero-order chi connectivity index (χ0) is 20.3. The number of rotatable bonds is 4. The van der Waals surface area contributed by atoms with E-state index in [1.165, 1.54) is 0 Å². The van der Waals surface area contributed by atoms with Crippen molar-refractivity contribution in [1.82, 2.24) is 0 Å². The average molecular weight is 409 g/mol. The summed E-state index contributed by atoms with van der Waals surface area (Å²) in [5.74, 6) is 1.83. The molecule has 0 aromatic carbocycles. The van der Waals surface area contributed by atoms with E-state index in [9.17, 15) is 21.6 Å². The van der Waals surface area contributed by atoms with Gasteiger partial charge in [-0.05, 0) is 67.3 Å². The molecule has 3 aliphatic carbocycles. The highest BCUT2D eigenvalue weighted by atomic mass is 32.2. The first-order chi connectivity index (χ1) is 12.4. The highest BCUT2D eigenvalue weighted by Crippen LogP contribution is 2.65. The van der Waals surface area contributed by atoms with Gasteiger partial charge >= 0.3 is 15.6 Å². The molecule has 0 heterocycles. The minimum Gasteiger partial charge on any atom is -0.380 e. The molecule has 0 amide bonds. The second-order valence-corrected chi connectivity index (χ2v) is 10.7. The molecule has 3 nitrogen and oxygen atoms in total. The molecule has 6 atom stereocenters. The molecule has 0 aromatic rings. The van der Waals surface area contributed by atoms with Crippen molar-refractivity contribution in [3.05, 3.63) is 11.8 Å². The molecule has 0 bridgehead atoms. The fourth-order valence-corrected chi connectivity index (χ4v) is 7.17. The molecule has 0 N–H and O–H groups in total. The molecule has 0 aliphatic heterocycles. The Morgan fingerprint density at radius 1 is 1.15 bits per heavy atom. The summed E-state index contributed by atoms with van der Waals surface area (Å²) in [6, 6.07) is 0. The molecule has 0 unspecified atom stereocenters. The fraction of sp³-hybridized carbons (Fsp3) is 0.900. The van der Waals surface area contributed by atoms with Crippen molar-refractivity contribution >= 4 is 10.1 Å². The first-order valence-electron chi connectivity index (χ1n) is 10.1. The van der Waals surface area contributed by atoms with Crippen molar-refractivity contribution in [3.63, 3.8) is 0 Å². The third kappa shape index (κ3) is 3.12. The Kier molecular flexibility index (Phi) is 5.19. The lowest BCUT2D eigenvalue weighted by Crippen LogP contribution is -2.51. The quantitative estimate of drug-likeness (QED) is 0.422. The molecule has 0 saturated heterocycles. The zero-order valence-electron chi connectivity index (χ0n) is 16.6. The van der Waals surface area contributed by atoms with Crippen LogP contribution in [0.1, 0.15) is 72.6 Å². The minimum atomic E-state index is -5.61. The van der Waals surface area contributed by atoms with Crippen LogP contribution in [-0.4, -0.2) is 13.9 Å². The molecule has 156 valence electrons. The maximum Gasteiger partial charge on any atom is 0.534 e. The van der Waals surface area contributed by atoms with Crippen LogP contribution in [0.4, 0.5) is 13.2 Å². The lowest BCUT2D eigenvalue weighted by atomic mass is 9.47. The van der Waals surface area contributed by atoms with Crippen LogP contribution in [-0.2, 0) is 14.3 Å². The number of hydrogen-bond acceptors (Lipinski definition) is 3. The third-order valence-electron chi connectivity index (χ3n) is 8.31. The predicted molar refractivity (Wildman–Crippen MR) is 98.0 cm³/mol. The number of alkyl halides is 3. The lowest BCUT2D eigenvalue weighted by molar-refractivity contribution is -0.0914. The Labute approximate surface area is 160 Å². The van der Waals surface area contributed by atoms with Gasteiger partial charge in [0.2, 0.25) is 0 Å². The van der Waals surface area contributed by atoms with Gasteiger partial charge in [-0.2, -0.15) is 21.6 Å². The summed E-state index contributed by atoms with van der Waals surface area (Å²) in [5, 5.41) is 0. The average Bonchev–Trinajstić information content (AvgIpc) is 2.90. The summed E-state index contributed by atoms with van der Waals surface area (Å²) in [6.45, 7) is 8.77. The molecule has 0 radical (unpaired) electrons. The minimum absolute atomic E-state index is 0.0130. The van der Waals surface area contributed by atoms with Crippen LogP contribution in [0.2, 0.25) is 0 Å². The van der Waals surface area contributed by atoms with Crippen LogP contribution in [0.3, 0.4) is 0 Å². The SMILES string of the molecule is CC[C@@H]1CC[C@@H]2[C@H](CC[C@]3(C)C(OS(=O)(=O)C(F)(F)F)=CC[C@@H]23)[C@@]1(C)CC. The Balaban J connectivity index is 1.86. The molecule has 7 heteroatoms. The lowest BCUT2D eigenvalue weighted by Gasteiger charge is -2.58. The molecule has 3 aliphatic rings. The predicted octanol–water partition coefficient (Wildman–Crippen LogP) is 6.03. The van der Waals surface area contributed by atoms with Gasteiger partial charge < -0.3 is 4.18 Å². The normalized spacial score (nSPS) is 42.3. The van der Waals surface area contributed by atoms with Gasteiger partial charge in [0.05, 0.1) is 0 Å². The Hall–Kier alpha value is -0.720. The van der Waals surface area contributed by atoms with E-state index in [2.05, 4.69) is 25.0 Å². The van der Waals surface area contributed by atoms with Crippen molar-refractivity contribution < 1.29 is 25.8 Å². The molecule has 3 rings (SSSR count). The first kappa shape index (κ1) is 21.0. The van der Waals surface area contributed by atoms with E-state index >= 15 is 0 Å². The van der Waals surface area contributed by atoms with Gasteiger partial charge in [0.1, 0.15) is 5.76 Å². The maximum absolute atomic E-state index is 12.8. The Morgan fingerprint density at radius 3 is 2.37 bits per heavy atom. The van der Waals surface area contributed by atoms with Crippen molar-refractivity contribution in [3.8, 4) is 0 Å². The second kappa shape index (κ2) is 6.67. The van der Waals surface area contributed by atoms with Gasteiger partial charge in [-0.1, -0.05) is 40.5 Å². The van der Waals surface area contributed by atoms with Crippen molar-refractivity contribution in [1.29, 1.82) is 0 Å².